The molecule has 0 spiro atoms. The number of primary amides is 1. The van der Waals surface area contributed by atoms with Crippen LogP contribution >= 0.6 is 0 Å². The predicted octanol–water partition coefficient (Wildman–Crippen LogP) is 1.52. The zero-order valence-electron chi connectivity index (χ0n) is 11.7. The molecule has 3 N–H and O–H groups in total. The summed E-state index contributed by atoms with van der Waals surface area (Å²) < 4.78 is 0. The molecule has 2 heterocycles. The first-order chi connectivity index (χ1) is 9.99. The van der Waals surface area contributed by atoms with Crippen molar-refractivity contribution in [3.05, 3.63) is 41.7 Å². The smallest absolute Gasteiger partial charge is 0.271 e. The summed E-state index contributed by atoms with van der Waals surface area (Å²) in [6, 6.07) is 9.29. The monoisotopic (exact) mass is 282 g/mol. The van der Waals surface area contributed by atoms with Crippen LogP contribution in [0.3, 0.4) is 0 Å². The molecule has 0 aliphatic carbocycles. The second-order valence-corrected chi connectivity index (χ2v) is 5.01. The molecule has 2 amide bonds. The number of nitrogens with zero attached hydrogens (tertiary/aromatic N) is 2. The molecule has 0 saturated carbocycles. The summed E-state index contributed by atoms with van der Waals surface area (Å²) >= 11 is 0. The Hall–Kier alpha value is -2.89. The van der Waals surface area contributed by atoms with Crippen LogP contribution in [0, 0.1) is 0 Å². The van der Waals surface area contributed by atoms with Crippen LogP contribution < -0.4 is 5.73 Å². The maximum Gasteiger partial charge on any atom is 0.271 e. The molecule has 21 heavy (non-hydrogen) atoms. The van der Waals surface area contributed by atoms with Crippen LogP contribution in [0.15, 0.2) is 30.3 Å². The molecule has 106 valence electrons. The first kappa shape index (κ1) is 13.1. The van der Waals surface area contributed by atoms with E-state index in [1.807, 2.05) is 24.3 Å². The van der Waals surface area contributed by atoms with Gasteiger partial charge < -0.3 is 15.6 Å². The molecule has 0 atom stereocenters. The highest BCUT2D eigenvalue weighted by atomic mass is 16.2. The number of pyridine rings is 1. The summed E-state index contributed by atoms with van der Waals surface area (Å²) in [4.78, 5) is 32.4. The van der Waals surface area contributed by atoms with Crippen molar-refractivity contribution in [1.82, 2.24) is 14.9 Å². The average Bonchev–Trinajstić information content (AvgIpc) is 2.83. The number of hydrogen-bond donors (Lipinski definition) is 2. The third-order valence-corrected chi connectivity index (χ3v) is 3.36. The third kappa shape index (κ3) is 2.01. The second-order valence-electron chi connectivity index (χ2n) is 5.01. The van der Waals surface area contributed by atoms with Gasteiger partial charge in [0.05, 0.1) is 5.52 Å². The molecule has 2 aromatic heterocycles. The summed E-state index contributed by atoms with van der Waals surface area (Å²) in [6.45, 7) is 0. The fourth-order valence-corrected chi connectivity index (χ4v) is 2.36. The van der Waals surface area contributed by atoms with Gasteiger partial charge in [-0.05, 0) is 12.1 Å². The van der Waals surface area contributed by atoms with Crippen molar-refractivity contribution >= 4 is 33.6 Å². The van der Waals surface area contributed by atoms with Crippen LogP contribution in [0.1, 0.15) is 21.0 Å². The van der Waals surface area contributed by atoms with Crippen LogP contribution in [0.4, 0.5) is 0 Å². The number of nitrogens with two attached hydrogens (primary N) is 1. The van der Waals surface area contributed by atoms with Crippen molar-refractivity contribution in [3.8, 4) is 0 Å². The third-order valence-electron chi connectivity index (χ3n) is 3.36. The number of carbonyl (C=O) groups excluding carboxylic acids is 2. The van der Waals surface area contributed by atoms with Crippen molar-refractivity contribution in [2.75, 3.05) is 14.1 Å². The van der Waals surface area contributed by atoms with Crippen LogP contribution in [-0.2, 0) is 0 Å². The fourth-order valence-electron chi connectivity index (χ4n) is 2.36. The molecule has 3 aromatic rings. The van der Waals surface area contributed by atoms with Gasteiger partial charge in [-0.3, -0.25) is 9.59 Å². The molecule has 0 unspecified atom stereocenters. The highest BCUT2D eigenvalue weighted by molar-refractivity contribution is 6.15. The van der Waals surface area contributed by atoms with Crippen LogP contribution in [0.5, 0.6) is 0 Å². The fraction of sp³-hybridized carbons (Fsp3) is 0.133. The van der Waals surface area contributed by atoms with Crippen molar-refractivity contribution in [3.63, 3.8) is 0 Å². The Bertz CT molecular complexity index is 880. The lowest BCUT2D eigenvalue weighted by Crippen LogP contribution is -2.24. The zero-order valence-corrected chi connectivity index (χ0v) is 11.7. The number of aromatic nitrogens is 2. The number of fused-ring (bicyclic) bond motifs is 3. The van der Waals surface area contributed by atoms with Crippen LogP contribution in [0.2, 0.25) is 0 Å². The summed E-state index contributed by atoms with van der Waals surface area (Å²) in [7, 11) is 3.26. The molecular formula is C15H14N4O2. The van der Waals surface area contributed by atoms with Gasteiger partial charge >= 0.3 is 0 Å². The second kappa shape index (κ2) is 4.59. The molecule has 0 saturated heterocycles. The Labute approximate surface area is 120 Å². The number of carbonyl (C=O) groups is 2. The number of nitrogens with one attached hydrogen (secondary N) is 1. The standard InChI is InChI=1S/C15H14N4O2/c1-19(2)15(21)11-7-9-8-5-3-4-6-10(8)17-12(9)13(18-11)14(16)20/h3-7,17H,1-2H3,(H2,16,20). The summed E-state index contributed by atoms with van der Waals surface area (Å²) in [5.74, 6) is -0.940. The normalized spacial score (nSPS) is 11.0. The van der Waals surface area contributed by atoms with Crippen molar-refractivity contribution in [1.29, 1.82) is 0 Å². The van der Waals surface area contributed by atoms with E-state index in [-0.39, 0.29) is 17.3 Å². The van der Waals surface area contributed by atoms with Gasteiger partial charge in [-0.1, -0.05) is 18.2 Å². The van der Waals surface area contributed by atoms with Gasteiger partial charge in [0.15, 0.2) is 5.69 Å². The first-order valence-electron chi connectivity index (χ1n) is 6.42. The van der Waals surface area contributed by atoms with Crippen LogP contribution in [0.25, 0.3) is 21.8 Å². The summed E-state index contributed by atoms with van der Waals surface area (Å²) in [5.41, 5.74) is 7.10. The predicted molar refractivity (Wildman–Crippen MR) is 80.1 cm³/mol. The lowest BCUT2D eigenvalue weighted by atomic mass is 10.1. The molecular weight excluding hydrogens is 268 g/mol. The lowest BCUT2D eigenvalue weighted by Gasteiger charge is -2.10. The van der Waals surface area contributed by atoms with E-state index in [9.17, 15) is 9.59 Å². The molecule has 6 nitrogen and oxygen atoms in total. The molecule has 0 bridgehead atoms. The number of rotatable bonds is 2. The average molecular weight is 282 g/mol. The minimum atomic E-state index is -0.667. The molecule has 0 aliphatic rings. The minimum Gasteiger partial charge on any atom is -0.364 e. The van der Waals surface area contributed by atoms with Gasteiger partial charge in [0.25, 0.3) is 11.8 Å². The number of H-pyrrole nitrogens is 1. The number of hydrogen-bond acceptors (Lipinski definition) is 3. The minimum absolute atomic E-state index is 0.0777. The van der Waals surface area contributed by atoms with E-state index in [2.05, 4.69) is 9.97 Å². The Kier molecular flexibility index (Phi) is 2.86. The maximum atomic E-state index is 12.1. The topological polar surface area (TPSA) is 92.1 Å². The lowest BCUT2D eigenvalue weighted by molar-refractivity contribution is 0.0822. The van der Waals surface area contributed by atoms with Gasteiger partial charge in [-0.15, -0.1) is 0 Å². The van der Waals surface area contributed by atoms with Crippen molar-refractivity contribution < 1.29 is 9.59 Å². The number of amides is 2. The van der Waals surface area contributed by atoms with Gasteiger partial charge in [-0.25, -0.2) is 4.98 Å². The summed E-state index contributed by atoms with van der Waals surface area (Å²) in [6.07, 6.45) is 0. The molecule has 6 heteroatoms. The largest absolute Gasteiger partial charge is 0.364 e. The van der Waals surface area contributed by atoms with E-state index in [1.54, 1.807) is 20.2 Å². The summed E-state index contributed by atoms with van der Waals surface area (Å²) in [5, 5.41) is 1.69. The van der Waals surface area contributed by atoms with E-state index in [1.165, 1.54) is 4.90 Å². The molecule has 1 aromatic carbocycles. The van der Waals surface area contributed by atoms with E-state index in [0.717, 1.165) is 16.3 Å². The molecule has 3 rings (SSSR count). The van der Waals surface area contributed by atoms with Crippen molar-refractivity contribution in [2.45, 2.75) is 0 Å². The number of para-hydroxylation sites is 1. The highest BCUT2D eigenvalue weighted by Crippen LogP contribution is 2.27. The zero-order chi connectivity index (χ0) is 15.1. The van der Waals surface area contributed by atoms with Crippen LogP contribution in [-0.4, -0.2) is 40.8 Å². The van der Waals surface area contributed by atoms with E-state index < -0.39 is 5.91 Å². The molecule has 0 radical (unpaired) electrons. The molecule has 0 aliphatic heterocycles. The highest BCUT2D eigenvalue weighted by Gasteiger charge is 2.19. The van der Waals surface area contributed by atoms with Gasteiger partial charge in [0.2, 0.25) is 0 Å². The number of benzene rings is 1. The van der Waals surface area contributed by atoms with Gasteiger partial charge in [-0.2, -0.15) is 0 Å². The Morgan fingerprint density at radius 3 is 2.57 bits per heavy atom. The van der Waals surface area contributed by atoms with E-state index in [0.29, 0.717) is 5.52 Å². The van der Waals surface area contributed by atoms with Gasteiger partial charge in [0.1, 0.15) is 5.69 Å². The quantitative estimate of drug-likeness (QED) is 0.746. The Morgan fingerprint density at radius 1 is 1.19 bits per heavy atom. The number of aromatic amines is 1. The SMILES string of the molecule is CN(C)C(=O)c1cc2c([nH]c3ccccc32)c(C(N)=O)n1. The van der Waals surface area contributed by atoms with Gasteiger partial charge in [0, 0.05) is 30.4 Å². The Morgan fingerprint density at radius 2 is 1.90 bits per heavy atom. The van der Waals surface area contributed by atoms with E-state index >= 15 is 0 Å². The Balaban J connectivity index is 2.41. The van der Waals surface area contributed by atoms with Crippen molar-refractivity contribution in [2.24, 2.45) is 5.73 Å². The molecule has 0 fully saturated rings. The maximum absolute atomic E-state index is 12.1. The van der Waals surface area contributed by atoms with E-state index in [4.69, 9.17) is 5.73 Å². The first-order valence-corrected chi connectivity index (χ1v) is 6.42.